The van der Waals surface area contributed by atoms with Gasteiger partial charge in [0, 0.05) is 37.3 Å². The van der Waals surface area contributed by atoms with Gasteiger partial charge in [-0.15, -0.1) is 0 Å². The maximum atomic E-state index is 12.9. The second-order valence-corrected chi connectivity index (χ2v) is 10.7. The Morgan fingerprint density at radius 2 is 1.93 bits per heavy atom. The molecule has 1 heterocycles. The number of sulfonamides is 1. The molecule has 1 atom stereocenters. The number of likely N-dealkylation sites (tertiary alicyclic amines) is 1. The van der Waals surface area contributed by atoms with Gasteiger partial charge in [-0.3, -0.25) is 9.69 Å². The van der Waals surface area contributed by atoms with Crippen LogP contribution in [0.4, 0.5) is 0 Å². The van der Waals surface area contributed by atoms with Gasteiger partial charge in [-0.1, -0.05) is 26.8 Å². The Balaban J connectivity index is 2.16. The van der Waals surface area contributed by atoms with E-state index in [1.54, 1.807) is 12.1 Å². The number of carbonyl (C=O) groups excluding carboxylic acids is 1. The monoisotopic (exact) mass is 423 g/mol. The predicted octanol–water partition coefficient (Wildman–Crippen LogP) is 3.27. The van der Waals surface area contributed by atoms with Crippen molar-refractivity contribution in [3.63, 3.8) is 0 Å². The van der Waals surface area contributed by atoms with Crippen LogP contribution in [0.25, 0.3) is 0 Å². The Labute approximate surface area is 176 Å². The molecule has 7 heteroatoms. The lowest BCUT2D eigenvalue weighted by Gasteiger charge is -2.43. The zero-order valence-electron chi connectivity index (χ0n) is 18.8. The van der Waals surface area contributed by atoms with Gasteiger partial charge >= 0.3 is 0 Å². The van der Waals surface area contributed by atoms with Crippen LogP contribution < -0.4 is 5.32 Å². The fourth-order valence-corrected chi connectivity index (χ4v) is 5.45. The number of benzene rings is 1. The molecule has 0 saturated carbocycles. The van der Waals surface area contributed by atoms with Gasteiger partial charge in [-0.25, -0.2) is 8.42 Å². The molecule has 0 radical (unpaired) electrons. The lowest BCUT2D eigenvalue weighted by atomic mass is 9.93. The molecule has 1 aliphatic rings. The summed E-state index contributed by atoms with van der Waals surface area (Å²) in [5.74, 6) is 0.445. The average molecular weight is 424 g/mol. The molecule has 0 bridgehead atoms. The summed E-state index contributed by atoms with van der Waals surface area (Å²) < 4.78 is 27.0. The first-order valence-corrected chi connectivity index (χ1v) is 12.1. The topological polar surface area (TPSA) is 69.7 Å². The first kappa shape index (κ1) is 23.8. The van der Waals surface area contributed by atoms with E-state index in [0.717, 1.165) is 18.7 Å². The summed E-state index contributed by atoms with van der Waals surface area (Å²) in [5, 5.41) is 3.04. The highest BCUT2D eigenvalue weighted by Crippen LogP contribution is 2.24. The minimum Gasteiger partial charge on any atom is -0.350 e. The van der Waals surface area contributed by atoms with Crippen LogP contribution in [0.1, 0.15) is 63.4 Å². The minimum absolute atomic E-state index is 0.150. The Kier molecular flexibility index (Phi) is 7.87. The quantitative estimate of drug-likeness (QED) is 0.697. The van der Waals surface area contributed by atoms with E-state index in [0.29, 0.717) is 31.1 Å². The Morgan fingerprint density at radius 1 is 1.28 bits per heavy atom. The van der Waals surface area contributed by atoms with Crippen molar-refractivity contribution in [3.8, 4) is 0 Å². The predicted molar refractivity (Wildman–Crippen MR) is 118 cm³/mol. The van der Waals surface area contributed by atoms with Crippen molar-refractivity contribution in [1.82, 2.24) is 14.5 Å². The first-order chi connectivity index (χ1) is 13.5. The molecule has 1 aliphatic heterocycles. The summed E-state index contributed by atoms with van der Waals surface area (Å²) >= 11 is 0. The summed E-state index contributed by atoms with van der Waals surface area (Å²) in [6.07, 6.45) is 2.44. The van der Waals surface area contributed by atoms with Gasteiger partial charge in [0.1, 0.15) is 0 Å². The van der Waals surface area contributed by atoms with Crippen molar-refractivity contribution in [3.05, 3.63) is 29.3 Å². The van der Waals surface area contributed by atoms with Crippen LogP contribution in [-0.4, -0.2) is 61.8 Å². The molecule has 1 amide bonds. The standard InChI is InChI=1S/C22H37N3O3S/c1-7-25(8-2)29(27,28)19-12-11-18(4)20(14-19)21(26)23-16-22(5,6)24-13-9-10-17(3)15-24/h11-12,14,17H,7-10,13,15-16H2,1-6H3,(H,23,26). The third kappa shape index (κ3) is 5.58. The molecule has 2 rings (SSSR count). The van der Waals surface area contributed by atoms with Gasteiger partial charge in [-0.2, -0.15) is 4.31 Å². The Hall–Kier alpha value is -1.44. The van der Waals surface area contributed by atoms with Gasteiger partial charge < -0.3 is 5.32 Å². The second-order valence-electron chi connectivity index (χ2n) is 8.75. The number of rotatable bonds is 8. The number of hydrogen-bond donors (Lipinski definition) is 1. The number of carbonyl (C=O) groups is 1. The van der Waals surface area contributed by atoms with Crippen LogP contribution in [0.5, 0.6) is 0 Å². The maximum absolute atomic E-state index is 12.9. The highest BCUT2D eigenvalue weighted by Gasteiger charge is 2.31. The fraction of sp³-hybridized carbons (Fsp3) is 0.682. The summed E-state index contributed by atoms with van der Waals surface area (Å²) in [6.45, 7) is 15.4. The summed E-state index contributed by atoms with van der Waals surface area (Å²) in [5.41, 5.74) is 1.04. The average Bonchev–Trinajstić information content (AvgIpc) is 2.67. The third-order valence-electron chi connectivity index (χ3n) is 5.99. The molecular weight excluding hydrogens is 386 g/mol. The smallest absolute Gasteiger partial charge is 0.251 e. The van der Waals surface area contributed by atoms with Gasteiger partial charge in [0.05, 0.1) is 4.90 Å². The van der Waals surface area contributed by atoms with E-state index in [1.165, 1.54) is 23.2 Å². The second kappa shape index (κ2) is 9.58. The summed E-state index contributed by atoms with van der Waals surface area (Å²) in [4.78, 5) is 15.5. The molecule has 6 nitrogen and oxygen atoms in total. The summed E-state index contributed by atoms with van der Waals surface area (Å²) in [6, 6.07) is 4.80. The van der Waals surface area contributed by atoms with E-state index < -0.39 is 10.0 Å². The molecule has 29 heavy (non-hydrogen) atoms. The van der Waals surface area contributed by atoms with Crippen molar-refractivity contribution in [1.29, 1.82) is 0 Å². The van der Waals surface area contributed by atoms with Crippen LogP contribution in [0.15, 0.2) is 23.1 Å². The number of aryl methyl sites for hydroxylation is 1. The van der Waals surface area contributed by atoms with E-state index in [9.17, 15) is 13.2 Å². The maximum Gasteiger partial charge on any atom is 0.251 e. The highest BCUT2D eigenvalue weighted by atomic mass is 32.2. The van der Waals surface area contributed by atoms with E-state index in [4.69, 9.17) is 0 Å². The molecule has 1 aromatic carbocycles. The van der Waals surface area contributed by atoms with Gasteiger partial charge in [0.2, 0.25) is 10.0 Å². The van der Waals surface area contributed by atoms with Gasteiger partial charge in [0.15, 0.2) is 0 Å². The third-order valence-corrected chi connectivity index (χ3v) is 8.04. The van der Waals surface area contributed by atoms with Crippen molar-refractivity contribution < 1.29 is 13.2 Å². The molecule has 0 aliphatic carbocycles. The van der Waals surface area contributed by atoms with Crippen molar-refractivity contribution in [2.24, 2.45) is 5.92 Å². The molecule has 1 N–H and O–H groups in total. The van der Waals surface area contributed by atoms with E-state index in [1.807, 2.05) is 20.8 Å². The van der Waals surface area contributed by atoms with Crippen LogP contribution in [0, 0.1) is 12.8 Å². The number of nitrogens with one attached hydrogen (secondary N) is 1. The number of amides is 1. The zero-order chi connectivity index (χ0) is 21.8. The van der Waals surface area contributed by atoms with Crippen LogP contribution in [0.3, 0.4) is 0 Å². The van der Waals surface area contributed by atoms with Crippen molar-refractivity contribution in [2.75, 3.05) is 32.7 Å². The molecule has 1 unspecified atom stereocenters. The fourth-order valence-electron chi connectivity index (χ4n) is 3.96. The summed E-state index contributed by atoms with van der Waals surface area (Å²) in [7, 11) is -3.60. The molecular formula is C22H37N3O3S. The molecule has 0 aromatic heterocycles. The van der Waals surface area contributed by atoms with Gasteiger partial charge in [0.25, 0.3) is 5.91 Å². The lowest BCUT2D eigenvalue weighted by molar-refractivity contribution is 0.0657. The van der Waals surface area contributed by atoms with E-state index in [-0.39, 0.29) is 16.3 Å². The lowest BCUT2D eigenvalue weighted by Crippen LogP contribution is -2.54. The molecule has 1 aromatic rings. The SMILES string of the molecule is CCN(CC)S(=O)(=O)c1ccc(C)c(C(=O)NCC(C)(C)N2CCCC(C)C2)c1. The molecule has 164 valence electrons. The van der Waals surface area contributed by atoms with E-state index >= 15 is 0 Å². The van der Waals surface area contributed by atoms with Crippen molar-refractivity contribution in [2.45, 2.75) is 64.8 Å². The highest BCUT2D eigenvalue weighted by molar-refractivity contribution is 7.89. The van der Waals surface area contributed by atoms with Crippen LogP contribution in [-0.2, 0) is 10.0 Å². The minimum atomic E-state index is -3.60. The number of hydrogen-bond acceptors (Lipinski definition) is 4. The van der Waals surface area contributed by atoms with E-state index in [2.05, 4.69) is 31.0 Å². The molecule has 1 fully saturated rings. The largest absolute Gasteiger partial charge is 0.350 e. The Bertz CT molecular complexity index is 817. The molecule has 0 spiro atoms. The number of nitrogens with zero attached hydrogens (tertiary/aromatic N) is 2. The van der Waals surface area contributed by atoms with Crippen LogP contribution >= 0.6 is 0 Å². The zero-order valence-corrected chi connectivity index (χ0v) is 19.6. The number of piperidine rings is 1. The molecule has 1 saturated heterocycles. The van der Waals surface area contributed by atoms with Crippen molar-refractivity contribution >= 4 is 15.9 Å². The first-order valence-electron chi connectivity index (χ1n) is 10.7. The van der Waals surface area contributed by atoms with Gasteiger partial charge in [-0.05, 0) is 63.8 Å². The van der Waals surface area contributed by atoms with Crippen LogP contribution in [0.2, 0.25) is 0 Å². The normalized spacial score (nSPS) is 18.8. The Morgan fingerprint density at radius 3 is 2.52 bits per heavy atom.